The molecule has 0 N–H and O–H groups in total. The number of aromatic nitrogens is 4. The van der Waals surface area contributed by atoms with Crippen LogP contribution in [0.1, 0.15) is 12.1 Å². The highest BCUT2D eigenvalue weighted by molar-refractivity contribution is 5.41. The van der Waals surface area contributed by atoms with Gasteiger partial charge >= 0.3 is 6.18 Å². The van der Waals surface area contributed by atoms with Gasteiger partial charge in [-0.1, -0.05) is 0 Å². The predicted molar refractivity (Wildman–Crippen MR) is 91.2 cm³/mol. The quantitative estimate of drug-likeness (QED) is 0.775. The summed E-state index contributed by atoms with van der Waals surface area (Å²) >= 11 is 0. The number of likely N-dealkylation sites (N-methyl/N-ethyl adjacent to an activating group) is 1. The summed E-state index contributed by atoms with van der Waals surface area (Å²) in [4.78, 5) is 19.8. The molecular weight excluding hydrogens is 365 g/mol. The maximum atomic E-state index is 12.9. The lowest BCUT2D eigenvalue weighted by molar-refractivity contribution is -0.141. The van der Waals surface area contributed by atoms with Crippen molar-refractivity contribution in [2.45, 2.75) is 18.6 Å². The van der Waals surface area contributed by atoms with Crippen molar-refractivity contribution in [3.8, 4) is 11.8 Å². The Morgan fingerprint density at radius 2 is 1.81 bits per heavy atom. The molecule has 0 saturated carbocycles. The maximum absolute atomic E-state index is 12.9. The smallest absolute Gasteiger partial charge is 0.433 e. The zero-order valence-corrected chi connectivity index (χ0v) is 15.1. The van der Waals surface area contributed by atoms with Crippen molar-refractivity contribution in [1.82, 2.24) is 19.9 Å². The van der Waals surface area contributed by atoms with Gasteiger partial charge in [-0.25, -0.2) is 9.97 Å². The SMILES string of the molecule is COc1cc(OC)nc(N2CCC(N(C)c3nccc(C(F)(F)F)n3)C2)n1. The Balaban J connectivity index is 1.76. The molecule has 1 aliphatic rings. The van der Waals surface area contributed by atoms with E-state index in [0.29, 0.717) is 37.2 Å². The van der Waals surface area contributed by atoms with Crippen LogP contribution in [0.4, 0.5) is 25.1 Å². The topological polar surface area (TPSA) is 76.5 Å². The second-order valence-corrected chi connectivity index (χ2v) is 5.99. The monoisotopic (exact) mass is 384 g/mol. The first-order valence-corrected chi connectivity index (χ1v) is 8.17. The Kier molecular flexibility index (Phi) is 5.19. The van der Waals surface area contributed by atoms with Gasteiger partial charge < -0.3 is 19.3 Å². The molecule has 11 heteroatoms. The van der Waals surface area contributed by atoms with Gasteiger partial charge in [0.25, 0.3) is 0 Å². The Bertz CT molecular complexity index is 782. The van der Waals surface area contributed by atoms with Crippen molar-refractivity contribution >= 4 is 11.9 Å². The fourth-order valence-corrected chi connectivity index (χ4v) is 2.82. The highest BCUT2D eigenvalue weighted by atomic mass is 19.4. The van der Waals surface area contributed by atoms with Gasteiger partial charge in [-0.3, -0.25) is 0 Å². The molecule has 1 atom stereocenters. The third-order valence-corrected chi connectivity index (χ3v) is 4.33. The van der Waals surface area contributed by atoms with E-state index in [1.165, 1.54) is 14.2 Å². The van der Waals surface area contributed by atoms with Gasteiger partial charge in [0.1, 0.15) is 5.69 Å². The van der Waals surface area contributed by atoms with E-state index in [-0.39, 0.29) is 12.0 Å². The van der Waals surface area contributed by atoms with E-state index in [1.807, 2.05) is 4.90 Å². The molecule has 3 heterocycles. The van der Waals surface area contributed by atoms with Gasteiger partial charge in [-0.2, -0.15) is 23.1 Å². The van der Waals surface area contributed by atoms with E-state index in [2.05, 4.69) is 19.9 Å². The number of anilines is 2. The highest BCUT2D eigenvalue weighted by Crippen LogP contribution is 2.29. The first-order chi connectivity index (χ1) is 12.8. The van der Waals surface area contributed by atoms with Gasteiger partial charge in [0, 0.05) is 26.3 Å². The fourth-order valence-electron chi connectivity index (χ4n) is 2.82. The average molecular weight is 384 g/mol. The van der Waals surface area contributed by atoms with Gasteiger partial charge in [0.15, 0.2) is 0 Å². The van der Waals surface area contributed by atoms with Gasteiger partial charge in [-0.15, -0.1) is 0 Å². The van der Waals surface area contributed by atoms with Crippen LogP contribution in [0.2, 0.25) is 0 Å². The molecule has 27 heavy (non-hydrogen) atoms. The molecule has 8 nitrogen and oxygen atoms in total. The van der Waals surface area contributed by atoms with Gasteiger partial charge in [-0.05, 0) is 12.5 Å². The van der Waals surface area contributed by atoms with Crippen molar-refractivity contribution in [3.63, 3.8) is 0 Å². The number of nitrogens with zero attached hydrogens (tertiary/aromatic N) is 6. The molecule has 3 rings (SSSR count). The Morgan fingerprint density at radius 1 is 1.15 bits per heavy atom. The number of ether oxygens (including phenoxy) is 2. The lowest BCUT2D eigenvalue weighted by Crippen LogP contribution is -2.36. The summed E-state index contributed by atoms with van der Waals surface area (Å²) in [7, 11) is 4.67. The molecular formula is C16H19F3N6O2. The first kappa shape index (κ1) is 18.9. The summed E-state index contributed by atoms with van der Waals surface area (Å²) in [5.41, 5.74) is -0.963. The number of methoxy groups -OCH3 is 2. The fraction of sp³-hybridized carbons (Fsp3) is 0.500. The van der Waals surface area contributed by atoms with Crippen LogP contribution in [-0.2, 0) is 6.18 Å². The second-order valence-electron chi connectivity index (χ2n) is 5.99. The number of hydrogen-bond donors (Lipinski definition) is 0. The molecule has 0 spiro atoms. The molecule has 0 amide bonds. The molecule has 1 saturated heterocycles. The average Bonchev–Trinajstić information content (AvgIpc) is 3.16. The minimum absolute atomic E-state index is 0.0285. The second kappa shape index (κ2) is 7.41. The van der Waals surface area contributed by atoms with Crippen LogP contribution in [0.3, 0.4) is 0 Å². The zero-order chi connectivity index (χ0) is 19.6. The van der Waals surface area contributed by atoms with Crippen LogP contribution in [0, 0.1) is 0 Å². The Hall–Kier alpha value is -2.85. The summed E-state index contributed by atoms with van der Waals surface area (Å²) in [6.45, 7) is 1.14. The summed E-state index contributed by atoms with van der Waals surface area (Å²) in [5.74, 6) is 1.21. The number of rotatable bonds is 5. The van der Waals surface area contributed by atoms with E-state index in [9.17, 15) is 13.2 Å². The van der Waals surface area contributed by atoms with Crippen LogP contribution in [0.15, 0.2) is 18.3 Å². The lowest BCUT2D eigenvalue weighted by Gasteiger charge is -2.25. The molecule has 2 aromatic rings. The summed E-state index contributed by atoms with van der Waals surface area (Å²) in [6, 6.07) is 2.34. The summed E-state index contributed by atoms with van der Waals surface area (Å²) < 4.78 is 48.9. The highest BCUT2D eigenvalue weighted by Gasteiger charge is 2.34. The zero-order valence-electron chi connectivity index (χ0n) is 15.1. The van der Waals surface area contributed by atoms with Gasteiger partial charge in [0.05, 0.1) is 26.3 Å². The summed E-state index contributed by atoms with van der Waals surface area (Å²) in [5, 5.41) is 0. The number of alkyl halides is 3. The van der Waals surface area contributed by atoms with Crippen molar-refractivity contribution < 1.29 is 22.6 Å². The van der Waals surface area contributed by atoms with Crippen LogP contribution in [-0.4, -0.2) is 60.3 Å². The van der Waals surface area contributed by atoms with Crippen LogP contribution >= 0.6 is 0 Å². The van der Waals surface area contributed by atoms with Crippen molar-refractivity contribution in [2.24, 2.45) is 0 Å². The van der Waals surface area contributed by atoms with E-state index < -0.39 is 11.9 Å². The van der Waals surface area contributed by atoms with E-state index in [1.54, 1.807) is 18.0 Å². The standard InChI is InChI=1S/C16H19F3N6O2/c1-24(14-20-6-4-11(21-14)16(17,18)19)10-5-7-25(9-10)15-22-12(26-2)8-13(23-15)27-3/h4,6,8,10H,5,7,9H2,1-3H3. The van der Waals surface area contributed by atoms with Crippen LogP contribution in [0.5, 0.6) is 11.8 Å². The minimum Gasteiger partial charge on any atom is -0.481 e. The van der Waals surface area contributed by atoms with E-state index >= 15 is 0 Å². The third kappa shape index (κ3) is 4.12. The lowest BCUT2D eigenvalue weighted by atomic mass is 10.2. The molecule has 0 aliphatic carbocycles. The molecule has 1 unspecified atom stereocenters. The molecule has 1 aliphatic heterocycles. The van der Waals surface area contributed by atoms with Crippen molar-refractivity contribution in [3.05, 3.63) is 24.0 Å². The normalized spacial score (nSPS) is 17.1. The molecule has 1 fully saturated rings. The number of halogens is 3. The van der Waals surface area contributed by atoms with Gasteiger partial charge in [0.2, 0.25) is 23.7 Å². The third-order valence-electron chi connectivity index (χ3n) is 4.33. The van der Waals surface area contributed by atoms with E-state index in [0.717, 1.165) is 12.3 Å². The van der Waals surface area contributed by atoms with Crippen molar-refractivity contribution in [1.29, 1.82) is 0 Å². The Labute approximate surface area is 154 Å². The summed E-state index contributed by atoms with van der Waals surface area (Å²) in [6.07, 6.45) is -2.70. The molecule has 0 aromatic carbocycles. The maximum Gasteiger partial charge on any atom is 0.433 e. The molecule has 0 radical (unpaired) electrons. The number of hydrogen-bond acceptors (Lipinski definition) is 8. The molecule has 146 valence electrons. The largest absolute Gasteiger partial charge is 0.481 e. The van der Waals surface area contributed by atoms with Crippen LogP contribution < -0.4 is 19.3 Å². The molecule has 2 aromatic heterocycles. The van der Waals surface area contributed by atoms with Crippen molar-refractivity contribution in [2.75, 3.05) is 44.2 Å². The predicted octanol–water partition coefficient (Wildman–Crippen LogP) is 2.02. The van der Waals surface area contributed by atoms with Crippen LogP contribution in [0.25, 0.3) is 0 Å². The first-order valence-electron chi connectivity index (χ1n) is 8.17. The minimum atomic E-state index is -4.51. The Morgan fingerprint density at radius 3 is 2.41 bits per heavy atom. The molecule has 0 bridgehead atoms. The van der Waals surface area contributed by atoms with E-state index in [4.69, 9.17) is 9.47 Å².